The highest BCUT2D eigenvalue weighted by Gasteiger charge is 2.30. The Hall–Kier alpha value is -3.75. The number of hydrogen-bond donors (Lipinski definition) is 3. The molecule has 0 bridgehead atoms. The molecule has 9 heteroatoms. The standard InChI is InChI=1S/C31H43N3O6/c1-17(2)13-14-32-31(37)28(18(3)4)34-24-12-10-21-22(16-25(24)36)23(33-19(5)35)11-9-20-15-26(38-6)29(39-7)30(40-8)27(20)21/h10,12,15-18,23,28H,9,11,13-14H2,1-8H3,(H,32,37)(H,33,35)(H,34,36). The van der Waals surface area contributed by atoms with Crippen LogP contribution in [0.3, 0.4) is 0 Å². The minimum Gasteiger partial charge on any atom is -0.493 e. The lowest BCUT2D eigenvalue weighted by Crippen LogP contribution is -2.44. The Bertz CT molecular complexity index is 1290. The quantitative estimate of drug-likeness (QED) is 0.376. The first kappa shape index (κ1) is 30.8. The second-order valence-electron chi connectivity index (χ2n) is 10.9. The van der Waals surface area contributed by atoms with Crippen molar-refractivity contribution in [3.05, 3.63) is 45.6 Å². The van der Waals surface area contributed by atoms with Crippen LogP contribution >= 0.6 is 0 Å². The van der Waals surface area contributed by atoms with Gasteiger partial charge in [-0.25, -0.2) is 0 Å². The number of hydrogen-bond acceptors (Lipinski definition) is 7. The van der Waals surface area contributed by atoms with Crippen molar-refractivity contribution in [2.75, 3.05) is 33.2 Å². The van der Waals surface area contributed by atoms with E-state index in [9.17, 15) is 14.4 Å². The largest absolute Gasteiger partial charge is 0.493 e. The zero-order valence-electron chi connectivity index (χ0n) is 24.9. The molecule has 2 atom stereocenters. The van der Waals surface area contributed by atoms with E-state index in [0.717, 1.165) is 23.1 Å². The van der Waals surface area contributed by atoms with Crippen LogP contribution in [0.15, 0.2) is 29.1 Å². The van der Waals surface area contributed by atoms with E-state index in [2.05, 4.69) is 29.8 Å². The molecule has 40 heavy (non-hydrogen) atoms. The van der Waals surface area contributed by atoms with Gasteiger partial charge in [-0.15, -0.1) is 0 Å². The van der Waals surface area contributed by atoms with Crippen LogP contribution in [0.1, 0.15) is 64.6 Å². The third kappa shape index (κ3) is 6.87. The Morgan fingerprint density at radius 1 is 1.00 bits per heavy atom. The van der Waals surface area contributed by atoms with Gasteiger partial charge in [0.15, 0.2) is 11.5 Å². The number of methoxy groups -OCH3 is 3. The smallest absolute Gasteiger partial charge is 0.242 e. The van der Waals surface area contributed by atoms with Crippen molar-refractivity contribution >= 4 is 17.5 Å². The predicted octanol–water partition coefficient (Wildman–Crippen LogP) is 4.46. The van der Waals surface area contributed by atoms with Crippen LogP contribution in [-0.4, -0.2) is 45.7 Å². The van der Waals surface area contributed by atoms with E-state index in [1.54, 1.807) is 33.5 Å². The van der Waals surface area contributed by atoms with E-state index in [1.807, 2.05) is 26.0 Å². The van der Waals surface area contributed by atoms with Crippen molar-refractivity contribution in [1.29, 1.82) is 0 Å². The Morgan fingerprint density at radius 3 is 2.27 bits per heavy atom. The third-order valence-corrected chi connectivity index (χ3v) is 7.20. The number of nitrogens with one attached hydrogen (secondary N) is 3. The topological polar surface area (TPSA) is 115 Å². The van der Waals surface area contributed by atoms with Crippen LogP contribution in [0.25, 0.3) is 11.1 Å². The molecule has 0 radical (unpaired) electrons. The molecule has 218 valence electrons. The first-order valence-electron chi connectivity index (χ1n) is 13.8. The predicted molar refractivity (Wildman–Crippen MR) is 157 cm³/mol. The van der Waals surface area contributed by atoms with E-state index in [-0.39, 0.29) is 23.2 Å². The van der Waals surface area contributed by atoms with Gasteiger partial charge >= 0.3 is 0 Å². The maximum atomic E-state index is 13.6. The number of rotatable bonds is 11. The average molecular weight is 554 g/mol. The highest BCUT2D eigenvalue weighted by molar-refractivity contribution is 5.86. The Labute approximate surface area is 237 Å². The molecule has 1 aliphatic carbocycles. The van der Waals surface area contributed by atoms with Crippen molar-refractivity contribution in [3.63, 3.8) is 0 Å². The van der Waals surface area contributed by atoms with E-state index < -0.39 is 12.1 Å². The molecule has 9 nitrogen and oxygen atoms in total. The highest BCUT2D eigenvalue weighted by Crippen LogP contribution is 2.50. The lowest BCUT2D eigenvalue weighted by Gasteiger charge is -2.22. The fourth-order valence-electron chi connectivity index (χ4n) is 5.12. The summed E-state index contributed by atoms with van der Waals surface area (Å²) in [4.78, 5) is 38.8. The van der Waals surface area contributed by atoms with Gasteiger partial charge in [-0.2, -0.15) is 0 Å². The maximum absolute atomic E-state index is 13.6. The van der Waals surface area contributed by atoms with E-state index in [0.29, 0.717) is 53.8 Å². The minimum atomic E-state index is -0.598. The molecule has 0 aliphatic heterocycles. The van der Waals surface area contributed by atoms with Crippen LogP contribution in [0.2, 0.25) is 0 Å². The number of fused-ring (bicyclic) bond motifs is 3. The zero-order valence-corrected chi connectivity index (χ0v) is 24.9. The number of carbonyl (C=O) groups excluding carboxylic acids is 2. The summed E-state index contributed by atoms with van der Waals surface area (Å²) in [5, 5.41) is 9.21. The molecule has 2 amide bonds. The lowest BCUT2D eigenvalue weighted by atomic mass is 9.95. The fraction of sp³-hybridized carbons (Fsp3) is 0.516. The van der Waals surface area contributed by atoms with E-state index in [4.69, 9.17) is 14.2 Å². The normalized spacial score (nSPS) is 14.9. The molecule has 2 aromatic carbocycles. The van der Waals surface area contributed by atoms with Crippen molar-refractivity contribution < 1.29 is 23.8 Å². The summed E-state index contributed by atoms with van der Waals surface area (Å²) in [6, 6.07) is 6.01. The van der Waals surface area contributed by atoms with Crippen molar-refractivity contribution in [3.8, 4) is 28.4 Å². The number of aryl methyl sites for hydroxylation is 1. The van der Waals surface area contributed by atoms with Crippen LogP contribution in [0.5, 0.6) is 17.2 Å². The summed E-state index contributed by atoms with van der Waals surface area (Å²) in [6.45, 7) is 10.1. The van der Waals surface area contributed by atoms with Crippen LogP contribution in [0, 0.1) is 11.8 Å². The van der Waals surface area contributed by atoms with Crippen molar-refractivity contribution in [2.24, 2.45) is 11.8 Å². The molecule has 0 spiro atoms. The van der Waals surface area contributed by atoms with Crippen molar-refractivity contribution in [2.45, 2.75) is 66.0 Å². The number of ether oxygens (including phenoxy) is 3. The fourth-order valence-corrected chi connectivity index (χ4v) is 5.12. The van der Waals surface area contributed by atoms with Gasteiger partial charge in [0, 0.05) is 19.0 Å². The number of amides is 2. The molecule has 3 rings (SSSR count). The molecule has 0 saturated carbocycles. The van der Waals surface area contributed by atoms with Gasteiger partial charge in [0.25, 0.3) is 0 Å². The van der Waals surface area contributed by atoms with Crippen LogP contribution < -0.4 is 35.6 Å². The first-order valence-corrected chi connectivity index (χ1v) is 13.8. The van der Waals surface area contributed by atoms with Gasteiger partial charge in [0.1, 0.15) is 6.04 Å². The van der Waals surface area contributed by atoms with Crippen LogP contribution in [0.4, 0.5) is 5.69 Å². The molecule has 1 aliphatic rings. The second kappa shape index (κ2) is 13.5. The Balaban J connectivity index is 2.18. The molecule has 0 fully saturated rings. The summed E-state index contributed by atoms with van der Waals surface area (Å²) < 4.78 is 17.1. The maximum Gasteiger partial charge on any atom is 0.242 e. The number of benzene rings is 1. The van der Waals surface area contributed by atoms with E-state index >= 15 is 0 Å². The zero-order chi connectivity index (χ0) is 29.6. The summed E-state index contributed by atoms with van der Waals surface area (Å²) in [5.74, 6) is 1.52. The summed E-state index contributed by atoms with van der Waals surface area (Å²) in [6.07, 6.45) is 2.05. The SMILES string of the molecule is COc1cc2c(c(OC)c1OC)-c1ccc(NC(C(=O)NCCC(C)C)C(C)C)c(=O)cc1C(NC(C)=O)CC2. The Kier molecular flexibility index (Phi) is 10.4. The highest BCUT2D eigenvalue weighted by atomic mass is 16.5. The molecule has 0 heterocycles. The number of carbonyl (C=O) groups is 2. The van der Waals surface area contributed by atoms with E-state index in [1.165, 1.54) is 6.92 Å². The van der Waals surface area contributed by atoms with Crippen LogP contribution in [-0.2, 0) is 16.0 Å². The summed E-state index contributed by atoms with van der Waals surface area (Å²) >= 11 is 0. The average Bonchev–Trinajstić information content (AvgIpc) is 3.14. The van der Waals surface area contributed by atoms with Gasteiger partial charge in [0.05, 0.1) is 33.1 Å². The molecular weight excluding hydrogens is 510 g/mol. The molecule has 3 N–H and O–H groups in total. The minimum absolute atomic E-state index is 0.0635. The van der Waals surface area contributed by atoms with Crippen molar-refractivity contribution in [1.82, 2.24) is 10.6 Å². The molecular formula is C31H43N3O6. The lowest BCUT2D eigenvalue weighted by molar-refractivity contribution is -0.122. The van der Waals surface area contributed by atoms with Gasteiger partial charge < -0.3 is 30.2 Å². The first-order chi connectivity index (χ1) is 19.0. The van der Waals surface area contributed by atoms with Gasteiger partial charge in [-0.05, 0) is 66.0 Å². The second-order valence-corrected chi connectivity index (χ2v) is 10.9. The van der Waals surface area contributed by atoms with Gasteiger partial charge in [-0.3, -0.25) is 14.4 Å². The monoisotopic (exact) mass is 553 g/mol. The summed E-state index contributed by atoms with van der Waals surface area (Å²) in [5.41, 5.74) is 3.14. The number of anilines is 1. The third-order valence-electron chi connectivity index (χ3n) is 7.20. The molecule has 0 saturated heterocycles. The van der Waals surface area contributed by atoms with Gasteiger partial charge in [-0.1, -0.05) is 33.8 Å². The van der Waals surface area contributed by atoms with Gasteiger partial charge in [0.2, 0.25) is 23.0 Å². The molecule has 2 unspecified atom stereocenters. The molecule has 2 aromatic rings. The molecule has 0 aromatic heterocycles. The Morgan fingerprint density at radius 2 is 1.70 bits per heavy atom. The summed E-state index contributed by atoms with van der Waals surface area (Å²) in [7, 11) is 4.68.